The molecule has 1 atom stereocenters. The van der Waals surface area contributed by atoms with Gasteiger partial charge in [0.05, 0.1) is 11.4 Å². The molecule has 262 valence electrons. The van der Waals surface area contributed by atoms with Gasteiger partial charge < -0.3 is 4.90 Å². The summed E-state index contributed by atoms with van der Waals surface area (Å²) in [4.78, 5) is 2.53. The molecule has 1 heteroatoms. The van der Waals surface area contributed by atoms with E-state index in [0.717, 1.165) is 24.2 Å². The van der Waals surface area contributed by atoms with Crippen LogP contribution < -0.4 is 4.90 Å². The van der Waals surface area contributed by atoms with Gasteiger partial charge in [0.25, 0.3) is 0 Å². The Hall–Kier alpha value is -6.70. The Morgan fingerprint density at radius 2 is 1.07 bits per heavy atom. The summed E-state index contributed by atoms with van der Waals surface area (Å²) in [5.74, 6) is 0. The SMILES string of the molecule is CC1(c2ccccc2)c2ccccc2-c2ccc(N(c3ccccc3C3=CC=CCC3)c3ccccc3-c3cccc4cccc(-c5ccccc5)c34)cc21. The van der Waals surface area contributed by atoms with Crippen LogP contribution in [0.3, 0.4) is 0 Å². The fourth-order valence-corrected chi connectivity index (χ4v) is 9.20. The molecule has 8 aromatic rings. The van der Waals surface area contributed by atoms with E-state index in [0.29, 0.717) is 0 Å². The first-order chi connectivity index (χ1) is 27.2. The van der Waals surface area contributed by atoms with Gasteiger partial charge in [-0.3, -0.25) is 0 Å². The van der Waals surface area contributed by atoms with Crippen LogP contribution in [0.4, 0.5) is 17.1 Å². The number of fused-ring (bicyclic) bond motifs is 4. The summed E-state index contributed by atoms with van der Waals surface area (Å²) in [7, 11) is 0. The average Bonchev–Trinajstić information content (AvgIpc) is 3.52. The fourth-order valence-electron chi connectivity index (χ4n) is 9.20. The van der Waals surface area contributed by atoms with Gasteiger partial charge in [0.2, 0.25) is 0 Å². The summed E-state index contributed by atoms with van der Waals surface area (Å²) in [6.07, 6.45) is 8.84. The van der Waals surface area contributed by atoms with E-state index < -0.39 is 0 Å². The maximum Gasteiger partial charge on any atom is 0.0540 e. The van der Waals surface area contributed by atoms with E-state index in [4.69, 9.17) is 0 Å². The highest BCUT2D eigenvalue weighted by Gasteiger charge is 2.41. The number of allylic oxidation sites excluding steroid dienone is 4. The molecule has 1 unspecified atom stereocenters. The van der Waals surface area contributed by atoms with Crippen LogP contribution in [0.2, 0.25) is 0 Å². The Kier molecular flexibility index (Phi) is 8.15. The number of hydrogen-bond donors (Lipinski definition) is 0. The summed E-state index contributed by atoms with van der Waals surface area (Å²) >= 11 is 0. The second-order valence-corrected chi connectivity index (χ2v) is 14.9. The lowest BCUT2D eigenvalue weighted by Crippen LogP contribution is -2.23. The smallest absolute Gasteiger partial charge is 0.0540 e. The first-order valence-corrected chi connectivity index (χ1v) is 19.4. The van der Waals surface area contributed by atoms with Gasteiger partial charge in [-0.25, -0.2) is 0 Å². The quantitative estimate of drug-likeness (QED) is 0.160. The van der Waals surface area contributed by atoms with Gasteiger partial charge in [-0.05, 0) is 105 Å². The Labute approximate surface area is 324 Å². The molecular weight excluding hydrogens is 663 g/mol. The molecule has 0 bridgehead atoms. The third kappa shape index (κ3) is 5.46. The molecule has 0 radical (unpaired) electrons. The van der Waals surface area contributed by atoms with Crippen LogP contribution in [0.15, 0.2) is 206 Å². The van der Waals surface area contributed by atoms with Crippen LogP contribution in [-0.4, -0.2) is 0 Å². The van der Waals surface area contributed by atoms with Crippen LogP contribution in [-0.2, 0) is 5.41 Å². The highest BCUT2D eigenvalue weighted by atomic mass is 15.1. The zero-order chi connectivity index (χ0) is 36.8. The molecule has 55 heavy (non-hydrogen) atoms. The third-order valence-corrected chi connectivity index (χ3v) is 11.8. The number of hydrogen-bond acceptors (Lipinski definition) is 1. The van der Waals surface area contributed by atoms with Crippen molar-refractivity contribution in [2.24, 2.45) is 0 Å². The molecule has 2 aliphatic carbocycles. The van der Waals surface area contributed by atoms with E-state index in [1.54, 1.807) is 0 Å². The van der Waals surface area contributed by atoms with E-state index in [1.165, 1.54) is 77.7 Å². The molecule has 0 N–H and O–H groups in total. The number of benzene rings is 8. The first-order valence-electron chi connectivity index (χ1n) is 19.4. The predicted octanol–water partition coefficient (Wildman–Crippen LogP) is 14.7. The minimum Gasteiger partial charge on any atom is -0.309 e. The fraction of sp³-hybridized carbons (Fsp3) is 0.0741. The van der Waals surface area contributed by atoms with Gasteiger partial charge in [0, 0.05) is 22.2 Å². The Morgan fingerprint density at radius 3 is 1.82 bits per heavy atom. The normalized spacial score (nSPS) is 15.7. The van der Waals surface area contributed by atoms with Crippen molar-refractivity contribution < 1.29 is 0 Å². The summed E-state index contributed by atoms with van der Waals surface area (Å²) in [6.45, 7) is 2.41. The minimum absolute atomic E-state index is 0.315. The zero-order valence-electron chi connectivity index (χ0n) is 31.0. The summed E-state index contributed by atoms with van der Waals surface area (Å²) in [6, 6.07) is 69.4. The number of nitrogens with zero attached hydrogens (tertiary/aromatic N) is 1. The van der Waals surface area contributed by atoms with Crippen LogP contribution in [0.25, 0.3) is 49.7 Å². The molecule has 0 saturated heterocycles. The Morgan fingerprint density at radius 1 is 0.473 bits per heavy atom. The predicted molar refractivity (Wildman–Crippen MR) is 233 cm³/mol. The van der Waals surface area contributed by atoms with Crippen molar-refractivity contribution >= 4 is 33.4 Å². The van der Waals surface area contributed by atoms with Gasteiger partial charge in [-0.15, -0.1) is 0 Å². The van der Waals surface area contributed by atoms with Gasteiger partial charge >= 0.3 is 0 Å². The summed E-state index contributed by atoms with van der Waals surface area (Å²) in [5, 5.41) is 2.49. The molecule has 0 saturated carbocycles. The van der Waals surface area contributed by atoms with Crippen molar-refractivity contribution in [1.82, 2.24) is 0 Å². The molecule has 0 spiro atoms. The van der Waals surface area contributed by atoms with Crippen LogP contribution in [0.1, 0.15) is 42.0 Å². The van der Waals surface area contributed by atoms with E-state index in [9.17, 15) is 0 Å². The maximum absolute atomic E-state index is 2.53. The lowest BCUT2D eigenvalue weighted by molar-refractivity contribution is 0.714. The van der Waals surface area contributed by atoms with Crippen molar-refractivity contribution in [3.8, 4) is 33.4 Å². The van der Waals surface area contributed by atoms with Gasteiger partial charge in [0.15, 0.2) is 0 Å². The highest BCUT2D eigenvalue weighted by molar-refractivity contribution is 6.09. The number of rotatable bonds is 7. The standard InChI is InChI=1S/C54H41N/c1-54(41-25-9-4-10-26-41)49-32-14-11-28-45(49)46-36-35-42(37-50(46)54)55(51-33-15-12-27-43(51)38-19-5-2-6-20-38)52-34-16-13-29-47(52)48-31-18-24-40-23-17-30-44(53(40)48)39-21-7-3-8-22-39/h2-5,7-19,21-37H,6,20H2,1H3. The van der Waals surface area contributed by atoms with Crippen molar-refractivity contribution in [2.75, 3.05) is 4.90 Å². The van der Waals surface area contributed by atoms with E-state index >= 15 is 0 Å². The third-order valence-electron chi connectivity index (χ3n) is 11.8. The maximum atomic E-state index is 2.53. The van der Waals surface area contributed by atoms with E-state index in [-0.39, 0.29) is 5.41 Å². The monoisotopic (exact) mass is 703 g/mol. The average molecular weight is 704 g/mol. The molecule has 0 aromatic heterocycles. The van der Waals surface area contributed by atoms with Crippen LogP contribution >= 0.6 is 0 Å². The molecule has 1 nitrogen and oxygen atoms in total. The number of para-hydroxylation sites is 2. The molecule has 0 heterocycles. The molecule has 0 fully saturated rings. The highest BCUT2D eigenvalue weighted by Crippen LogP contribution is 2.55. The van der Waals surface area contributed by atoms with Crippen molar-refractivity contribution in [1.29, 1.82) is 0 Å². The lowest BCUT2D eigenvalue weighted by Gasteiger charge is -2.33. The van der Waals surface area contributed by atoms with Crippen molar-refractivity contribution in [2.45, 2.75) is 25.2 Å². The van der Waals surface area contributed by atoms with Crippen molar-refractivity contribution in [3.63, 3.8) is 0 Å². The summed E-state index contributed by atoms with van der Waals surface area (Å²) in [5.41, 5.74) is 17.2. The molecule has 2 aliphatic rings. The molecule has 10 rings (SSSR count). The topological polar surface area (TPSA) is 3.24 Å². The van der Waals surface area contributed by atoms with E-state index in [2.05, 4.69) is 218 Å². The lowest BCUT2D eigenvalue weighted by atomic mass is 9.74. The second-order valence-electron chi connectivity index (χ2n) is 14.9. The van der Waals surface area contributed by atoms with Crippen LogP contribution in [0.5, 0.6) is 0 Å². The summed E-state index contributed by atoms with van der Waals surface area (Å²) < 4.78 is 0. The second kappa shape index (κ2) is 13.6. The van der Waals surface area contributed by atoms with Crippen molar-refractivity contribution in [3.05, 3.63) is 229 Å². The van der Waals surface area contributed by atoms with Gasteiger partial charge in [0.1, 0.15) is 0 Å². The Bertz CT molecular complexity index is 2770. The molecular formula is C54H41N. The molecule has 0 amide bonds. The minimum atomic E-state index is -0.315. The molecule has 8 aromatic carbocycles. The van der Waals surface area contributed by atoms with Crippen LogP contribution in [0, 0.1) is 0 Å². The van der Waals surface area contributed by atoms with E-state index in [1.807, 2.05) is 0 Å². The molecule has 0 aliphatic heterocycles. The van der Waals surface area contributed by atoms with Gasteiger partial charge in [-0.1, -0.05) is 182 Å². The number of anilines is 3. The van der Waals surface area contributed by atoms with Gasteiger partial charge in [-0.2, -0.15) is 0 Å². The zero-order valence-corrected chi connectivity index (χ0v) is 31.0. The first kappa shape index (κ1) is 32.9. The largest absolute Gasteiger partial charge is 0.309 e. The Balaban J connectivity index is 1.25.